The topological polar surface area (TPSA) is 287 Å². The first-order valence-electron chi connectivity index (χ1n) is 21.6. The van der Waals surface area contributed by atoms with Crippen LogP contribution >= 0.6 is 0 Å². The smallest absolute Gasteiger partial charge is 0.167 e. The van der Waals surface area contributed by atoms with Crippen LogP contribution < -0.4 is 0 Å². The lowest BCUT2D eigenvalue weighted by atomic mass is 9.73. The largest absolute Gasteiger partial charge is 0.507 e. The van der Waals surface area contributed by atoms with Gasteiger partial charge in [0.1, 0.15) is 34.6 Å². The number of fused-ring (bicyclic) bond motifs is 2. The van der Waals surface area contributed by atoms with Crippen molar-refractivity contribution in [1.29, 1.82) is 0 Å². The van der Waals surface area contributed by atoms with Gasteiger partial charge in [-0.25, -0.2) is 0 Å². The number of aliphatic hydroxyl groups excluding tert-OH is 4. The van der Waals surface area contributed by atoms with Crippen molar-refractivity contribution in [1.82, 2.24) is 0 Å². The summed E-state index contributed by atoms with van der Waals surface area (Å²) in [6.45, 7) is 9.89. The molecule has 0 fully saturated rings. The number of phenols is 2. The Morgan fingerprint density at radius 3 is 1.23 bits per heavy atom. The molecule has 14 nitrogen and oxygen atoms in total. The van der Waals surface area contributed by atoms with Gasteiger partial charge in [0.05, 0.1) is 37.2 Å². The molecule has 0 aliphatic heterocycles. The normalized spacial score (nSPS) is 17.1. The average Bonchev–Trinajstić information content (AvgIpc) is 3.17. The van der Waals surface area contributed by atoms with E-state index >= 15 is 0 Å². The fraction of sp³-hybridized carbons (Fsp3) is 0.625. The number of hydrogen-bond acceptors (Lipinski definition) is 12. The molecule has 6 unspecified atom stereocenters. The van der Waals surface area contributed by atoms with Gasteiger partial charge in [-0.1, -0.05) is 51.7 Å². The number of benzene rings is 2. The average molecular weight is 883 g/mol. The lowest BCUT2D eigenvalue weighted by Crippen LogP contribution is -2.32. The van der Waals surface area contributed by atoms with E-state index in [0.29, 0.717) is 49.7 Å². The molecular weight excluding hydrogens is 801 g/mol. The number of aromatic hydroxyl groups is 2. The van der Waals surface area contributed by atoms with E-state index in [9.17, 15) is 59.4 Å². The van der Waals surface area contributed by atoms with E-state index in [1.807, 2.05) is 13.8 Å². The summed E-state index contributed by atoms with van der Waals surface area (Å²) < 4.78 is 0. The van der Waals surface area contributed by atoms with Gasteiger partial charge in [-0.15, -0.1) is 0 Å². The van der Waals surface area contributed by atoms with Gasteiger partial charge in [0.25, 0.3) is 0 Å². The van der Waals surface area contributed by atoms with Gasteiger partial charge < -0.3 is 41.6 Å². The third-order valence-electron chi connectivity index (χ3n) is 12.0. The first-order chi connectivity index (χ1) is 28.5. The monoisotopic (exact) mass is 883 g/mol. The molecule has 0 saturated heterocycles. The lowest BCUT2D eigenvalue weighted by molar-refractivity contribution is -0.132. The van der Waals surface area contributed by atoms with E-state index in [1.165, 1.54) is 51.7 Å². The van der Waals surface area contributed by atoms with E-state index < -0.39 is 11.8 Å². The zero-order valence-corrected chi connectivity index (χ0v) is 37.6. The van der Waals surface area contributed by atoms with Gasteiger partial charge in [0.2, 0.25) is 0 Å². The van der Waals surface area contributed by atoms with Crippen LogP contribution in [0.25, 0.3) is 0 Å². The van der Waals surface area contributed by atoms with E-state index in [0.717, 1.165) is 22.3 Å². The molecule has 358 valence electrons. The molecule has 0 heterocycles. The number of carbonyl (C=O) groups is 6. The van der Waals surface area contributed by atoms with Gasteiger partial charge in [-0.3, -0.25) is 28.8 Å². The van der Waals surface area contributed by atoms with Gasteiger partial charge >= 0.3 is 0 Å². The second-order valence-electron chi connectivity index (χ2n) is 16.9. The Kier molecular flexibility index (Phi) is 27.3. The predicted molar refractivity (Wildman–Crippen MR) is 245 cm³/mol. The Morgan fingerprint density at radius 2 is 0.952 bits per heavy atom. The Labute approximate surface area is 372 Å². The molecule has 0 bridgehead atoms. The van der Waals surface area contributed by atoms with Gasteiger partial charge in [0.15, 0.2) is 11.6 Å². The fourth-order valence-electron chi connectivity index (χ4n) is 8.85. The molecule has 0 saturated carbocycles. The van der Waals surface area contributed by atoms with Crippen LogP contribution in [0.5, 0.6) is 11.5 Å². The SMILES string of the molecule is CC(=O)CC(=O)C(CO)C(CCO)CC1CC(=O)c2c(O)ccc(C)c2C1.CC(=O)CC(=O)C(CO)C(CCO)CC1CC(=O)c2c(O)ccc(C)c2C1.CCCCCC.O.O.[HH].[HH].[HH].[HH]. The van der Waals surface area contributed by atoms with Crippen LogP contribution in [0.15, 0.2) is 24.3 Å². The Balaban J connectivity index is -0.000000309. The first-order valence-corrected chi connectivity index (χ1v) is 21.6. The zero-order valence-electron chi connectivity index (χ0n) is 37.6. The summed E-state index contributed by atoms with van der Waals surface area (Å²) in [5.41, 5.74) is 4.30. The van der Waals surface area contributed by atoms with Crippen molar-refractivity contribution >= 4 is 34.7 Å². The van der Waals surface area contributed by atoms with Crippen LogP contribution in [0.3, 0.4) is 0 Å². The van der Waals surface area contributed by atoms with Crippen LogP contribution in [-0.4, -0.2) is 103 Å². The molecule has 6 atom stereocenters. The molecule has 2 aromatic carbocycles. The summed E-state index contributed by atoms with van der Waals surface area (Å²) in [7, 11) is 0. The standard InChI is InChI=1S/2C21H28O6.C6H14.2H2O.4H2/c2*1-12-3-4-18(25)21-16(12)9-14(10-20(21)27)8-15(5-6-22)17(11-23)19(26)7-13(2)24;1-3-5-6-4-2;;;;;;/h2*3-4,14-15,17,22-23,25H,5-11H2,1-2H3;3-6H2,1-2H3;2*1H2;4*1H. The summed E-state index contributed by atoms with van der Waals surface area (Å²) in [6.07, 6.45) is 8.43. The number of unbranched alkanes of at least 4 members (excludes halogenated alkanes) is 3. The maximum Gasteiger partial charge on any atom is 0.167 e. The van der Waals surface area contributed by atoms with Crippen LogP contribution in [0.2, 0.25) is 0 Å². The van der Waals surface area contributed by atoms with Crippen LogP contribution in [-0.2, 0) is 32.0 Å². The molecule has 62 heavy (non-hydrogen) atoms. The van der Waals surface area contributed by atoms with E-state index in [2.05, 4.69) is 13.8 Å². The maximum absolute atomic E-state index is 12.6. The summed E-state index contributed by atoms with van der Waals surface area (Å²) in [4.78, 5) is 72.3. The van der Waals surface area contributed by atoms with Crippen molar-refractivity contribution in [3.05, 3.63) is 57.6 Å². The van der Waals surface area contributed by atoms with E-state index in [-0.39, 0.29) is 139 Å². The predicted octanol–water partition coefficient (Wildman–Crippen LogP) is 5.90. The number of rotatable bonds is 21. The minimum absolute atomic E-state index is 0. The first kappa shape index (κ1) is 57.8. The summed E-state index contributed by atoms with van der Waals surface area (Å²) >= 11 is 0. The Morgan fingerprint density at radius 1 is 0.613 bits per heavy atom. The maximum atomic E-state index is 12.6. The highest BCUT2D eigenvalue weighted by Gasteiger charge is 2.36. The van der Waals surface area contributed by atoms with E-state index in [4.69, 9.17) is 0 Å². The molecule has 2 aromatic rings. The number of ketones is 6. The number of carbonyl (C=O) groups excluding carboxylic acids is 6. The third kappa shape index (κ3) is 17.2. The van der Waals surface area contributed by atoms with Crippen molar-refractivity contribution in [2.75, 3.05) is 26.4 Å². The molecule has 0 radical (unpaired) electrons. The quantitative estimate of drug-likeness (QED) is 0.0631. The molecule has 2 aliphatic carbocycles. The van der Waals surface area contributed by atoms with Gasteiger partial charge in [-0.05, 0) is 124 Å². The number of aliphatic hydroxyl groups is 4. The van der Waals surface area contributed by atoms with Gasteiger partial charge in [0, 0.05) is 43.6 Å². The highest BCUT2D eigenvalue weighted by molar-refractivity contribution is 6.02. The molecule has 0 amide bonds. The molecule has 4 rings (SSSR count). The molecule has 0 aromatic heterocycles. The van der Waals surface area contributed by atoms with Gasteiger partial charge in [-0.2, -0.15) is 0 Å². The number of phenolic OH excluding ortho intramolecular Hbond substituents is 2. The molecule has 2 aliphatic rings. The van der Waals surface area contributed by atoms with Crippen molar-refractivity contribution in [2.45, 2.75) is 131 Å². The van der Waals surface area contributed by atoms with Crippen molar-refractivity contribution in [3.8, 4) is 11.5 Å². The third-order valence-corrected chi connectivity index (χ3v) is 12.0. The molecule has 10 N–H and O–H groups in total. The molecular formula is C48H82O14. The van der Waals surface area contributed by atoms with Crippen molar-refractivity contribution < 1.29 is 76.1 Å². The highest BCUT2D eigenvalue weighted by Crippen LogP contribution is 2.39. The second kappa shape index (κ2) is 29.2. The van der Waals surface area contributed by atoms with Crippen molar-refractivity contribution in [3.63, 3.8) is 0 Å². The second-order valence-corrected chi connectivity index (χ2v) is 16.9. The molecule has 0 spiro atoms. The lowest BCUT2D eigenvalue weighted by Gasteiger charge is -2.31. The summed E-state index contributed by atoms with van der Waals surface area (Å²) in [6, 6.07) is 6.62. The number of hydrogen-bond donors (Lipinski definition) is 6. The summed E-state index contributed by atoms with van der Waals surface area (Å²) in [5.74, 6) is -3.53. The summed E-state index contributed by atoms with van der Waals surface area (Å²) in [5, 5.41) is 58.3. The fourth-order valence-corrected chi connectivity index (χ4v) is 8.85. The van der Waals surface area contributed by atoms with Crippen LogP contribution in [0, 0.1) is 49.4 Å². The van der Waals surface area contributed by atoms with Crippen LogP contribution in [0.1, 0.15) is 153 Å². The minimum atomic E-state index is -0.720. The number of aryl methyl sites for hydroxylation is 2. The Hall–Kier alpha value is -4.18. The highest BCUT2D eigenvalue weighted by atomic mass is 16.3. The zero-order chi connectivity index (χ0) is 45.1. The van der Waals surface area contributed by atoms with Crippen molar-refractivity contribution in [2.24, 2.45) is 35.5 Å². The van der Waals surface area contributed by atoms with Crippen LogP contribution in [0.4, 0.5) is 0 Å². The van der Waals surface area contributed by atoms with E-state index in [1.54, 1.807) is 12.1 Å². The molecule has 14 heteroatoms. The Bertz CT molecular complexity index is 1660. The number of Topliss-reactive ketones (excluding diaryl/α,β-unsaturated/α-hetero) is 6. The minimum Gasteiger partial charge on any atom is -0.507 e.